The molecular weight excluding hydrogens is 330 g/mol. The van der Waals surface area contributed by atoms with Crippen molar-refractivity contribution >= 4 is 27.8 Å². The van der Waals surface area contributed by atoms with Gasteiger partial charge in [0.15, 0.2) is 0 Å². The minimum absolute atomic E-state index is 0.250. The quantitative estimate of drug-likeness (QED) is 0.548. The van der Waals surface area contributed by atoms with Crippen LogP contribution in [0.25, 0.3) is 32.9 Å². The molecule has 0 aliphatic heterocycles. The Balaban J connectivity index is 2.00. The number of aromatic nitrogens is 2. The van der Waals surface area contributed by atoms with Crippen LogP contribution in [-0.2, 0) is 4.74 Å². The van der Waals surface area contributed by atoms with Gasteiger partial charge in [-0.2, -0.15) is 5.26 Å². The number of H-pyrrole nitrogens is 1. The monoisotopic (exact) mass is 345 g/mol. The molecular formula is C20H15N3O3. The van der Waals surface area contributed by atoms with Gasteiger partial charge in [0.05, 0.1) is 29.4 Å². The van der Waals surface area contributed by atoms with Crippen LogP contribution in [0.1, 0.15) is 27.4 Å². The number of nitriles is 1. The SMILES string of the molecule is COC(=O)c1ccc2c([nH]c3cc(-c4c(C)noc4C)ccc32)c1C#N. The number of methoxy groups -OCH3 is 1. The normalized spacial score (nSPS) is 11.0. The van der Waals surface area contributed by atoms with Crippen LogP contribution in [0.4, 0.5) is 0 Å². The Kier molecular flexibility index (Phi) is 3.51. The molecule has 0 aliphatic rings. The largest absolute Gasteiger partial charge is 0.465 e. The van der Waals surface area contributed by atoms with Crippen LogP contribution < -0.4 is 0 Å². The number of carbonyl (C=O) groups is 1. The molecule has 0 aliphatic carbocycles. The molecule has 2 aromatic carbocycles. The first kappa shape index (κ1) is 15.9. The van der Waals surface area contributed by atoms with Crippen LogP contribution in [0.15, 0.2) is 34.9 Å². The third-order valence-corrected chi connectivity index (χ3v) is 4.61. The standard InChI is InChI=1S/C20H15N3O3/c1-10-18(11(2)26-23-10)12-4-5-13-14-6-7-15(20(24)25-3)16(9-21)19(14)22-17(13)8-12/h4-8,22H,1-3H3. The first-order valence-electron chi connectivity index (χ1n) is 8.05. The number of hydrogen-bond donors (Lipinski definition) is 1. The van der Waals surface area contributed by atoms with Crippen LogP contribution in [-0.4, -0.2) is 23.2 Å². The molecule has 0 atom stereocenters. The van der Waals surface area contributed by atoms with Crippen molar-refractivity contribution in [2.75, 3.05) is 7.11 Å². The fourth-order valence-electron chi connectivity index (χ4n) is 3.42. The summed E-state index contributed by atoms with van der Waals surface area (Å²) >= 11 is 0. The molecule has 6 heteroatoms. The first-order chi connectivity index (χ1) is 12.5. The van der Waals surface area contributed by atoms with Crippen molar-refractivity contribution in [1.82, 2.24) is 10.1 Å². The van der Waals surface area contributed by atoms with Gasteiger partial charge in [0, 0.05) is 21.9 Å². The van der Waals surface area contributed by atoms with E-state index in [1.165, 1.54) is 7.11 Å². The third-order valence-electron chi connectivity index (χ3n) is 4.61. The number of esters is 1. The lowest BCUT2D eigenvalue weighted by molar-refractivity contribution is 0.0600. The Morgan fingerprint density at radius 3 is 2.65 bits per heavy atom. The second-order valence-electron chi connectivity index (χ2n) is 6.10. The summed E-state index contributed by atoms with van der Waals surface area (Å²) in [6.45, 7) is 3.78. The zero-order chi connectivity index (χ0) is 18.4. The maximum Gasteiger partial charge on any atom is 0.339 e. The number of aromatic amines is 1. The summed E-state index contributed by atoms with van der Waals surface area (Å²) in [4.78, 5) is 15.2. The van der Waals surface area contributed by atoms with Gasteiger partial charge in [-0.1, -0.05) is 23.4 Å². The predicted molar refractivity (Wildman–Crippen MR) is 96.8 cm³/mol. The van der Waals surface area contributed by atoms with Gasteiger partial charge < -0.3 is 14.2 Å². The van der Waals surface area contributed by atoms with E-state index in [0.717, 1.165) is 38.9 Å². The molecule has 0 amide bonds. The van der Waals surface area contributed by atoms with E-state index in [1.54, 1.807) is 6.07 Å². The Morgan fingerprint density at radius 1 is 1.23 bits per heavy atom. The maximum atomic E-state index is 11.9. The van der Waals surface area contributed by atoms with Crippen molar-refractivity contribution in [2.45, 2.75) is 13.8 Å². The highest BCUT2D eigenvalue weighted by Crippen LogP contribution is 2.34. The van der Waals surface area contributed by atoms with Gasteiger partial charge in [-0.15, -0.1) is 0 Å². The van der Waals surface area contributed by atoms with Crippen molar-refractivity contribution in [3.05, 3.63) is 52.9 Å². The van der Waals surface area contributed by atoms with E-state index in [0.29, 0.717) is 5.52 Å². The summed E-state index contributed by atoms with van der Waals surface area (Å²) in [5.41, 5.74) is 4.79. The first-order valence-corrected chi connectivity index (χ1v) is 8.05. The summed E-state index contributed by atoms with van der Waals surface area (Å²) in [5.74, 6) is 0.224. The predicted octanol–water partition coefficient (Wildman–Crippen LogP) is 4.25. The van der Waals surface area contributed by atoms with Crippen molar-refractivity contribution in [3.8, 4) is 17.2 Å². The molecule has 0 bridgehead atoms. The molecule has 0 fully saturated rings. The highest BCUT2D eigenvalue weighted by atomic mass is 16.5. The second-order valence-corrected chi connectivity index (χ2v) is 6.10. The van der Waals surface area contributed by atoms with E-state index >= 15 is 0 Å². The van der Waals surface area contributed by atoms with Crippen LogP contribution in [0.2, 0.25) is 0 Å². The van der Waals surface area contributed by atoms with Gasteiger partial charge in [-0.05, 0) is 31.5 Å². The molecule has 0 saturated carbocycles. The number of carbonyl (C=O) groups excluding carboxylic acids is 1. The fourth-order valence-corrected chi connectivity index (χ4v) is 3.42. The van der Waals surface area contributed by atoms with E-state index in [1.807, 2.05) is 38.1 Å². The molecule has 2 heterocycles. The van der Waals surface area contributed by atoms with Crippen molar-refractivity contribution in [2.24, 2.45) is 0 Å². The fraction of sp³-hybridized carbons (Fsp3) is 0.150. The average molecular weight is 345 g/mol. The molecule has 2 aromatic heterocycles. The van der Waals surface area contributed by atoms with Gasteiger partial charge in [-0.25, -0.2) is 4.79 Å². The van der Waals surface area contributed by atoms with Gasteiger partial charge in [0.2, 0.25) is 0 Å². The summed E-state index contributed by atoms with van der Waals surface area (Å²) in [6, 6.07) is 11.6. The van der Waals surface area contributed by atoms with Gasteiger partial charge >= 0.3 is 5.97 Å². The van der Waals surface area contributed by atoms with Crippen LogP contribution in [0, 0.1) is 25.2 Å². The number of fused-ring (bicyclic) bond motifs is 3. The van der Waals surface area contributed by atoms with E-state index in [9.17, 15) is 10.1 Å². The molecule has 6 nitrogen and oxygen atoms in total. The lowest BCUT2D eigenvalue weighted by Crippen LogP contribution is -2.04. The maximum absolute atomic E-state index is 11.9. The molecule has 4 rings (SSSR count). The van der Waals surface area contributed by atoms with Gasteiger partial charge in [0.25, 0.3) is 0 Å². The van der Waals surface area contributed by atoms with Crippen molar-refractivity contribution in [1.29, 1.82) is 5.26 Å². The Labute approximate surface area is 149 Å². The van der Waals surface area contributed by atoms with Gasteiger partial charge in [0.1, 0.15) is 11.8 Å². The molecule has 26 heavy (non-hydrogen) atoms. The molecule has 0 radical (unpaired) electrons. The summed E-state index contributed by atoms with van der Waals surface area (Å²) < 4.78 is 10.0. The van der Waals surface area contributed by atoms with E-state index < -0.39 is 5.97 Å². The minimum Gasteiger partial charge on any atom is -0.465 e. The van der Waals surface area contributed by atoms with Crippen LogP contribution in [0.3, 0.4) is 0 Å². The minimum atomic E-state index is -0.529. The number of benzene rings is 2. The highest BCUT2D eigenvalue weighted by Gasteiger charge is 2.18. The molecule has 0 saturated heterocycles. The average Bonchev–Trinajstić information content (AvgIpc) is 3.18. The second kappa shape index (κ2) is 5.74. The van der Waals surface area contributed by atoms with E-state index in [2.05, 4.69) is 16.2 Å². The summed E-state index contributed by atoms with van der Waals surface area (Å²) in [5, 5.41) is 15.4. The lowest BCUT2D eigenvalue weighted by atomic mass is 10.0. The highest BCUT2D eigenvalue weighted by molar-refractivity contribution is 6.12. The Hall–Kier alpha value is -3.59. The zero-order valence-corrected chi connectivity index (χ0v) is 14.5. The smallest absolute Gasteiger partial charge is 0.339 e. The zero-order valence-electron chi connectivity index (χ0n) is 14.5. The molecule has 4 aromatic rings. The molecule has 128 valence electrons. The molecule has 1 N–H and O–H groups in total. The third kappa shape index (κ3) is 2.18. The lowest BCUT2D eigenvalue weighted by Gasteiger charge is -2.02. The summed E-state index contributed by atoms with van der Waals surface area (Å²) in [6.07, 6.45) is 0. The van der Waals surface area contributed by atoms with Crippen LogP contribution >= 0.6 is 0 Å². The number of nitrogens with one attached hydrogen (secondary N) is 1. The molecule has 0 spiro atoms. The number of ether oxygens (including phenoxy) is 1. The van der Waals surface area contributed by atoms with Crippen molar-refractivity contribution in [3.63, 3.8) is 0 Å². The summed E-state index contributed by atoms with van der Waals surface area (Å²) in [7, 11) is 1.30. The molecule has 0 unspecified atom stereocenters. The number of rotatable bonds is 2. The van der Waals surface area contributed by atoms with Gasteiger partial charge in [-0.3, -0.25) is 0 Å². The number of nitrogens with zero attached hydrogens (tertiary/aromatic N) is 2. The van der Waals surface area contributed by atoms with E-state index in [-0.39, 0.29) is 11.1 Å². The van der Waals surface area contributed by atoms with Crippen LogP contribution in [0.5, 0.6) is 0 Å². The Bertz CT molecular complexity index is 1210. The topological polar surface area (TPSA) is 91.9 Å². The van der Waals surface area contributed by atoms with E-state index in [4.69, 9.17) is 9.26 Å². The Morgan fingerprint density at radius 2 is 2.00 bits per heavy atom. The number of aryl methyl sites for hydroxylation is 2. The number of hydrogen-bond acceptors (Lipinski definition) is 5. The van der Waals surface area contributed by atoms with Crippen molar-refractivity contribution < 1.29 is 14.1 Å².